The average Bonchev–Trinajstić information content (AvgIpc) is 3.22. The number of hydrogen-bond donors (Lipinski definition) is 1. The first-order chi connectivity index (χ1) is 12.0. The summed E-state index contributed by atoms with van der Waals surface area (Å²) in [6.45, 7) is 6.37. The van der Waals surface area contributed by atoms with Crippen molar-refractivity contribution in [3.63, 3.8) is 0 Å². The van der Waals surface area contributed by atoms with Gasteiger partial charge in [0.1, 0.15) is 11.9 Å². The van der Waals surface area contributed by atoms with Crippen LogP contribution in [0.1, 0.15) is 49.0 Å². The Kier molecular flexibility index (Phi) is 5.22. The van der Waals surface area contributed by atoms with Gasteiger partial charge in [0.25, 0.3) is 5.91 Å². The van der Waals surface area contributed by atoms with E-state index in [0.717, 1.165) is 19.4 Å². The van der Waals surface area contributed by atoms with E-state index in [9.17, 15) is 9.90 Å². The molecule has 3 rings (SSSR count). The zero-order valence-electron chi connectivity index (χ0n) is 15.2. The van der Waals surface area contributed by atoms with Crippen LogP contribution in [0.3, 0.4) is 0 Å². The van der Waals surface area contributed by atoms with E-state index in [1.54, 1.807) is 12.4 Å². The topological polar surface area (TPSA) is 76.2 Å². The molecule has 1 aliphatic heterocycles. The van der Waals surface area contributed by atoms with E-state index in [0.29, 0.717) is 30.4 Å². The molecule has 0 spiro atoms. The van der Waals surface area contributed by atoms with E-state index in [4.69, 9.17) is 0 Å². The van der Waals surface area contributed by atoms with Crippen LogP contribution in [0.4, 0.5) is 0 Å². The Morgan fingerprint density at radius 3 is 2.68 bits per heavy atom. The average molecular weight is 345 g/mol. The van der Waals surface area contributed by atoms with Gasteiger partial charge in [-0.3, -0.25) is 9.48 Å². The van der Waals surface area contributed by atoms with Crippen molar-refractivity contribution in [1.29, 1.82) is 0 Å². The van der Waals surface area contributed by atoms with Crippen molar-refractivity contribution >= 4 is 5.91 Å². The molecule has 1 saturated heterocycles. The second kappa shape index (κ2) is 7.39. The number of amides is 1. The highest BCUT2D eigenvalue weighted by Crippen LogP contribution is 2.30. The number of aliphatic hydroxyl groups excluding tert-OH is 1. The molecule has 0 radical (unpaired) electrons. The molecule has 1 atom stereocenters. The van der Waals surface area contributed by atoms with Gasteiger partial charge in [0.15, 0.2) is 0 Å². The third-order valence-corrected chi connectivity index (χ3v) is 4.83. The Balaban J connectivity index is 1.57. The molecule has 0 saturated carbocycles. The molecule has 1 unspecified atom stereocenters. The summed E-state index contributed by atoms with van der Waals surface area (Å²) in [5, 5.41) is 14.8. The Labute approximate surface area is 148 Å². The highest BCUT2D eigenvalue weighted by atomic mass is 16.3. The summed E-state index contributed by atoms with van der Waals surface area (Å²) in [5.74, 6) is 1.35. The first kappa shape index (κ1) is 17.7. The maximum absolute atomic E-state index is 12.7. The molecule has 0 aromatic carbocycles. The Bertz CT molecular complexity index is 713. The fourth-order valence-electron chi connectivity index (χ4n) is 3.42. The van der Waals surface area contributed by atoms with Crippen LogP contribution in [-0.2, 0) is 13.6 Å². The quantitative estimate of drug-likeness (QED) is 0.897. The van der Waals surface area contributed by atoms with Crippen molar-refractivity contribution in [1.82, 2.24) is 24.2 Å². The molecule has 25 heavy (non-hydrogen) atoms. The van der Waals surface area contributed by atoms with Crippen LogP contribution >= 0.6 is 0 Å². The van der Waals surface area contributed by atoms with Crippen molar-refractivity contribution in [3.8, 4) is 0 Å². The molecule has 1 aliphatic rings. The number of nitrogens with zero attached hydrogens (tertiary/aromatic N) is 5. The Morgan fingerprint density at radius 1 is 1.36 bits per heavy atom. The maximum atomic E-state index is 12.7. The lowest BCUT2D eigenvalue weighted by Gasteiger charge is -2.33. The van der Waals surface area contributed by atoms with Crippen molar-refractivity contribution in [3.05, 3.63) is 36.2 Å². The number of aryl methyl sites for hydroxylation is 1. The van der Waals surface area contributed by atoms with Gasteiger partial charge in [-0.05, 0) is 24.7 Å². The van der Waals surface area contributed by atoms with Gasteiger partial charge in [0.05, 0.1) is 11.8 Å². The first-order valence-electron chi connectivity index (χ1n) is 8.92. The van der Waals surface area contributed by atoms with Gasteiger partial charge in [-0.2, -0.15) is 5.10 Å². The van der Waals surface area contributed by atoms with Crippen LogP contribution in [-0.4, -0.2) is 48.3 Å². The third kappa shape index (κ3) is 3.92. The summed E-state index contributed by atoms with van der Waals surface area (Å²) in [7, 11) is 1.89. The highest BCUT2D eigenvalue weighted by molar-refractivity contribution is 5.93. The third-order valence-electron chi connectivity index (χ3n) is 4.83. The van der Waals surface area contributed by atoms with Gasteiger partial charge in [0, 0.05) is 45.3 Å². The van der Waals surface area contributed by atoms with E-state index < -0.39 is 6.10 Å². The van der Waals surface area contributed by atoms with Crippen molar-refractivity contribution in [2.45, 2.75) is 39.3 Å². The van der Waals surface area contributed by atoms with Gasteiger partial charge >= 0.3 is 0 Å². The minimum Gasteiger partial charge on any atom is -0.385 e. The molecule has 1 N–H and O–H groups in total. The second-order valence-corrected chi connectivity index (χ2v) is 7.32. The number of aromatic nitrogens is 4. The zero-order chi connectivity index (χ0) is 18.0. The number of piperidine rings is 1. The van der Waals surface area contributed by atoms with Crippen LogP contribution < -0.4 is 0 Å². The number of aliphatic hydroxyl groups is 1. The number of likely N-dealkylation sites (tertiary alicyclic amines) is 1. The van der Waals surface area contributed by atoms with Crippen LogP contribution in [0.2, 0.25) is 0 Å². The Morgan fingerprint density at radius 2 is 2.08 bits per heavy atom. The van der Waals surface area contributed by atoms with E-state index in [2.05, 4.69) is 23.9 Å². The molecule has 1 fully saturated rings. The number of imidazole rings is 1. The van der Waals surface area contributed by atoms with Crippen molar-refractivity contribution in [2.75, 3.05) is 13.1 Å². The number of rotatable bonds is 5. The molecule has 2 aromatic rings. The van der Waals surface area contributed by atoms with Crippen LogP contribution in [0, 0.1) is 11.8 Å². The number of hydrogen-bond acceptors (Lipinski definition) is 4. The minimum absolute atomic E-state index is 0.0277. The van der Waals surface area contributed by atoms with Gasteiger partial charge in [-0.15, -0.1) is 0 Å². The van der Waals surface area contributed by atoms with E-state index in [1.165, 1.54) is 0 Å². The minimum atomic E-state index is -0.578. The van der Waals surface area contributed by atoms with Crippen molar-refractivity contribution in [2.24, 2.45) is 18.9 Å². The van der Waals surface area contributed by atoms with Crippen LogP contribution in [0.5, 0.6) is 0 Å². The molecular formula is C18H27N5O2. The largest absolute Gasteiger partial charge is 0.385 e. The molecule has 1 amide bonds. The van der Waals surface area contributed by atoms with E-state index in [1.807, 2.05) is 33.6 Å². The first-order valence-corrected chi connectivity index (χ1v) is 8.92. The predicted molar refractivity (Wildman–Crippen MR) is 93.9 cm³/mol. The lowest BCUT2D eigenvalue weighted by molar-refractivity contribution is 0.0420. The fourth-order valence-corrected chi connectivity index (χ4v) is 3.42. The summed E-state index contributed by atoms with van der Waals surface area (Å²) in [4.78, 5) is 18.8. The highest BCUT2D eigenvalue weighted by Gasteiger charge is 2.30. The summed E-state index contributed by atoms with van der Waals surface area (Å²) < 4.78 is 3.68. The normalized spacial score (nSPS) is 17.2. The molecule has 2 aromatic heterocycles. The predicted octanol–water partition coefficient (Wildman–Crippen LogP) is 1.86. The number of carbonyl (C=O) groups excluding carboxylic acids is 1. The van der Waals surface area contributed by atoms with Gasteiger partial charge < -0.3 is 14.6 Å². The fraction of sp³-hybridized carbons (Fsp3) is 0.611. The van der Waals surface area contributed by atoms with Gasteiger partial charge in [0.2, 0.25) is 0 Å². The molecule has 7 nitrogen and oxygen atoms in total. The van der Waals surface area contributed by atoms with E-state index >= 15 is 0 Å². The lowest BCUT2D eigenvalue weighted by atomic mass is 9.90. The summed E-state index contributed by atoms with van der Waals surface area (Å²) >= 11 is 0. The zero-order valence-corrected chi connectivity index (χ0v) is 15.2. The van der Waals surface area contributed by atoms with Crippen molar-refractivity contribution < 1.29 is 9.90 Å². The van der Waals surface area contributed by atoms with E-state index in [-0.39, 0.29) is 11.8 Å². The summed E-state index contributed by atoms with van der Waals surface area (Å²) in [6.07, 6.45) is 8.00. The summed E-state index contributed by atoms with van der Waals surface area (Å²) in [6, 6.07) is 0. The molecule has 3 heterocycles. The number of carbonyl (C=O) groups is 1. The SMILES string of the molecule is CC(C)Cn1cc(C(=O)N2CCC(C(O)c3nccn3C)CC2)cn1. The molecule has 0 bridgehead atoms. The summed E-state index contributed by atoms with van der Waals surface area (Å²) in [5.41, 5.74) is 0.642. The molecule has 136 valence electrons. The van der Waals surface area contributed by atoms with Crippen LogP contribution in [0.25, 0.3) is 0 Å². The standard InChI is InChI=1S/C18H27N5O2/c1-13(2)11-23-12-15(10-20-23)18(25)22-7-4-14(5-8-22)16(24)17-19-6-9-21(17)3/h6,9-10,12-14,16,24H,4-5,7-8,11H2,1-3H3. The smallest absolute Gasteiger partial charge is 0.257 e. The monoisotopic (exact) mass is 345 g/mol. The molecular weight excluding hydrogens is 318 g/mol. The van der Waals surface area contributed by atoms with Gasteiger partial charge in [-0.25, -0.2) is 4.98 Å². The van der Waals surface area contributed by atoms with Gasteiger partial charge in [-0.1, -0.05) is 13.8 Å². The lowest BCUT2D eigenvalue weighted by Crippen LogP contribution is -2.40. The van der Waals surface area contributed by atoms with Crippen LogP contribution in [0.15, 0.2) is 24.8 Å². The molecule has 7 heteroatoms. The Hall–Kier alpha value is -2.15. The molecule has 0 aliphatic carbocycles. The second-order valence-electron chi connectivity index (χ2n) is 7.32. The maximum Gasteiger partial charge on any atom is 0.257 e.